The largest absolute Gasteiger partial charge is 0.368 e. The van der Waals surface area contributed by atoms with Gasteiger partial charge < -0.3 is 14.7 Å². The Bertz CT molecular complexity index is 936. The van der Waals surface area contributed by atoms with E-state index in [2.05, 4.69) is 34.1 Å². The lowest BCUT2D eigenvalue weighted by atomic mass is 9.90. The van der Waals surface area contributed by atoms with Crippen molar-refractivity contribution in [1.82, 2.24) is 9.80 Å². The van der Waals surface area contributed by atoms with Crippen LogP contribution in [-0.4, -0.2) is 66.6 Å². The molecule has 2 heterocycles. The molecule has 5 nitrogen and oxygen atoms in total. The monoisotopic (exact) mass is 449 g/mol. The fraction of sp³-hybridized carbons (Fsp3) is 0.462. The zero-order chi connectivity index (χ0) is 22.0. The highest BCUT2D eigenvalue weighted by molar-refractivity contribution is 8.00. The number of nitrogens with zero attached hydrogens (tertiary/aromatic N) is 3. The van der Waals surface area contributed by atoms with Crippen LogP contribution < -0.4 is 4.90 Å². The topological polar surface area (TPSA) is 43.9 Å². The Labute approximate surface area is 194 Å². The molecule has 3 aliphatic rings. The van der Waals surface area contributed by atoms with E-state index in [0.29, 0.717) is 11.7 Å². The van der Waals surface area contributed by atoms with Crippen molar-refractivity contribution >= 4 is 29.3 Å². The number of amides is 2. The summed E-state index contributed by atoms with van der Waals surface area (Å²) in [7, 11) is 0. The van der Waals surface area contributed by atoms with Gasteiger partial charge in [0.1, 0.15) is 0 Å². The van der Waals surface area contributed by atoms with Crippen LogP contribution in [0.25, 0.3) is 0 Å². The van der Waals surface area contributed by atoms with Crippen LogP contribution in [0.3, 0.4) is 0 Å². The zero-order valence-electron chi connectivity index (χ0n) is 18.5. The number of carbonyl (C=O) groups is 2. The van der Waals surface area contributed by atoms with Crippen LogP contribution in [0.5, 0.6) is 0 Å². The first kappa shape index (κ1) is 21.4. The van der Waals surface area contributed by atoms with E-state index < -0.39 is 0 Å². The molecule has 32 heavy (non-hydrogen) atoms. The third-order valence-corrected chi connectivity index (χ3v) is 8.41. The summed E-state index contributed by atoms with van der Waals surface area (Å²) in [5.74, 6) is 1.22. The van der Waals surface area contributed by atoms with Gasteiger partial charge in [-0.25, -0.2) is 0 Å². The predicted molar refractivity (Wildman–Crippen MR) is 129 cm³/mol. The number of para-hydroxylation sites is 1. The molecule has 5 rings (SSSR count). The number of piperazine rings is 1. The van der Waals surface area contributed by atoms with E-state index in [1.54, 1.807) is 11.8 Å². The van der Waals surface area contributed by atoms with Gasteiger partial charge in [0.05, 0.1) is 5.75 Å². The molecule has 0 radical (unpaired) electrons. The van der Waals surface area contributed by atoms with Crippen molar-refractivity contribution in [2.45, 2.75) is 24.2 Å². The molecule has 0 aromatic heterocycles. The second kappa shape index (κ2) is 9.18. The lowest BCUT2D eigenvalue weighted by Crippen LogP contribution is -2.50. The smallest absolute Gasteiger partial charge is 0.232 e. The number of hydrogen-bond acceptors (Lipinski definition) is 4. The molecule has 1 unspecified atom stereocenters. The second-order valence-corrected chi connectivity index (χ2v) is 10.3. The van der Waals surface area contributed by atoms with Gasteiger partial charge >= 0.3 is 0 Å². The molecule has 3 fully saturated rings. The molecule has 6 heteroatoms. The lowest BCUT2D eigenvalue weighted by molar-refractivity contribution is -0.134. The number of likely N-dealkylation sites (tertiary alicyclic amines) is 1. The Kier molecular flexibility index (Phi) is 6.13. The van der Waals surface area contributed by atoms with Gasteiger partial charge in [0.25, 0.3) is 0 Å². The number of piperidine rings is 1. The molecule has 1 spiro atoms. The van der Waals surface area contributed by atoms with Crippen LogP contribution >= 0.6 is 11.8 Å². The molecule has 2 aromatic rings. The summed E-state index contributed by atoms with van der Waals surface area (Å²) in [6.07, 6.45) is 2.94. The highest BCUT2D eigenvalue weighted by Gasteiger charge is 2.59. The first-order chi connectivity index (χ1) is 15.6. The van der Waals surface area contributed by atoms with Gasteiger partial charge in [-0.05, 0) is 48.9 Å². The SMILES string of the molecule is O=C(CSc1ccccc1)N1CCC2(CC1)CC2C(=O)N1CCN(c2ccccc2)CC1. The van der Waals surface area contributed by atoms with Gasteiger partial charge in [-0.15, -0.1) is 11.8 Å². The molecule has 0 N–H and O–H groups in total. The van der Waals surface area contributed by atoms with Crippen LogP contribution in [0.2, 0.25) is 0 Å². The quantitative estimate of drug-likeness (QED) is 0.652. The first-order valence-corrected chi connectivity index (χ1v) is 12.7. The van der Waals surface area contributed by atoms with Crippen LogP contribution in [0.15, 0.2) is 65.6 Å². The second-order valence-electron chi connectivity index (χ2n) is 9.25. The Morgan fingerprint density at radius 2 is 1.44 bits per heavy atom. The fourth-order valence-electron chi connectivity index (χ4n) is 5.25. The molecule has 2 saturated heterocycles. The molecule has 2 aliphatic heterocycles. The minimum atomic E-state index is 0.150. The number of rotatable bonds is 5. The molecule has 1 aliphatic carbocycles. The van der Waals surface area contributed by atoms with Crippen LogP contribution in [0, 0.1) is 11.3 Å². The summed E-state index contributed by atoms with van der Waals surface area (Å²) < 4.78 is 0. The van der Waals surface area contributed by atoms with Gasteiger partial charge in [0.2, 0.25) is 11.8 Å². The van der Waals surface area contributed by atoms with Gasteiger partial charge in [-0.2, -0.15) is 0 Å². The lowest BCUT2D eigenvalue weighted by Gasteiger charge is -2.37. The standard InChI is InChI=1S/C26H31N3O2S/c30-24(20-32-22-9-5-2-6-10-22)28-13-11-26(12-14-28)19-23(26)25(31)29-17-15-27(16-18-29)21-7-3-1-4-8-21/h1-10,23H,11-20H2. The Morgan fingerprint density at radius 3 is 2.09 bits per heavy atom. The van der Waals surface area contributed by atoms with Crippen molar-refractivity contribution in [3.05, 3.63) is 60.7 Å². The van der Waals surface area contributed by atoms with Crippen molar-refractivity contribution in [2.24, 2.45) is 11.3 Å². The third kappa shape index (κ3) is 4.51. The third-order valence-electron chi connectivity index (χ3n) is 7.42. The number of hydrogen-bond donors (Lipinski definition) is 0. The zero-order valence-corrected chi connectivity index (χ0v) is 19.3. The van der Waals surface area contributed by atoms with E-state index in [1.807, 2.05) is 41.3 Å². The van der Waals surface area contributed by atoms with Crippen LogP contribution in [0.1, 0.15) is 19.3 Å². The summed E-state index contributed by atoms with van der Waals surface area (Å²) in [6.45, 7) is 5.00. The molecule has 168 valence electrons. The fourth-order valence-corrected chi connectivity index (χ4v) is 6.07. The van der Waals surface area contributed by atoms with Crippen molar-refractivity contribution in [2.75, 3.05) is 49.9 Å². The maximum Gasteiger partial charge on any atom is 0.232 e. The summed E-state index contributed by atoms with van der Waals surface area (Å²) in [5, 5.41) is 0. The number of carbonyl (C=O) groups excluding carboxylic acids is 2. The maximum atomic E-state index is 13.2. The minimum Gasteiger partial charge on any atom is -0.368 e. The van der Waals surface area contributed by atoms with Crippen molar-refractivity contribution in [3.8, 4) is 0 Å². The minimum absolute atomic E-state index is 0.150. The molecule has 0 bridgehead atoms. The number of anilines is 1. The van der Waals surface area contributed by atoms with E-state index >= 15 is 0 Å². The predicted octanol–water partition coefficient (Wildman–Crippen LogP) is 3.76. The van der Waals surface area contributed by atoms with Gasteiger partial charge in [-0.1, -0.05) is 36.4 Å². The molecule has 2 amide bonds. The number of benzene rings is 2. The van der Waals surface area contributed by atoms with Crippen molar-refractivity contribution < 1.29 is 9.59 Å². The Morgan fingerprint density at radius 1 is 0.812 bits per heavy atom. The van der Waals surface area contributed by atoms with E-state index in [0.717, 1.165) is 63.4 Å². The molecule has 1 saturated carbocycles. The molecule has 2 aromatic carbocycles. The van der Waals surface area contributed by atoms with E-state index in [1.165, 1.54) is 5.69 Å². The van der Waals surface area contributed by atoms with Crippen LogP contribution in [0.4, 0.5) is 5.69 Å². The Hall–Kier alpha value is -2.47. The normalized spacial score (nSPS) is 22.1. The molecule has 1 atom stereocenters. The van der Waals surface area contributed by atoms with Crippen LogP contribution in [-0.2, 0) is 9.59 Å². The van der Waals surface area contributed by atoms with E-state index in [-0.39, 0.29) is 17.2 Å². The Balaban J connectivity index is 1.07. The van der Waals surface area contributed by atoms with E-state index in [4.69, 9.17) is 0 Å². The number of thioether (sulfide) groups is 1. The average molecular weight is 450 g/mol. The van der Waals surface area contributed by atoms with Crippen molar-refractivity contribution in [1.29, 1.82) is 0 Å². The van der Waals surface area contributed by atoms with Gasteiger partial charge in [0, 0.05) is 55.8 Å². The maximum absolute atomic E-state index is 13.2. The van der Waals surface area contributed by atoms with Gasteiger partial charge in [0.15, 0.2) is 0 Å². The van der Waals surface area contributed by atoms with Crippen molar-refractivity contribution in [3.63, 3.8) is 0 Å². The van der Waals surface area contributed by atoms with E-state index in [9.17, 15) is 9.59 Å². The summed E-state index contributed by atoms with van der Waals surface area (Å²) >= 11 is 1.60. The summed E-state index contributed by atoms with van der Waals surface area (Å²) in [6, 6.07) is 20.5. The molecular formula is C26H31N3O2S. The van der Waals surface area contributed by atoms with Gasteiger partial charge in [-0.3, -0.25) is 9.59 Å². The summed E-state index contributed by atoms with van der Waals surface area (Å²) in [4.78, 5) is 33.4. The average Bonchev–Trinajstić information content (AvgIpc) is 3.56. The highest BCUT2D eigenvalue weighted by Crippen LogP contribution is 2.60. The summed E-state index contributed by atoms with van der Waals surface area (Å²) in [5.41, 5.74) is 1.39. The highest BCUT2D eigenvalue weighted by atomic mass is 32.2. The molecular weight excluding hydrogens is 418 g/mol. The first-order valence-electron chi connectivity index (χ1n) is 11.7.